The number of carbonyl (C=O) groups is 2. The molecule has 0 radical (unpaired) electrons. The number of nitrogens with zero attached hydrogens (tertiary/aromatic N) is 1. The molecule has 0 aromatic heterocycles. The monoisotopic (exact) mass is 365 g/mol. The lowest BCUT2D eigenvalue weighted by atomic mass is 10.0. The molecule has 5 atom stereocenters. The number of hydrogen-bond acceptors (Lipinski definition) is 6. The van der Waals surface area contributed by atoms with Gasteiger partial charge in [-0.05, 0) is 45.2 Å². The minimum atomic E-state index is -1.23. The molecule has 1 aromatic carbocycles. The fraction of sp³-hybridized carbons (Fsp3) is 0.579. The zero-order valence-corrected chi connectivity index (χ0v) is 15.1. The number of ether oxygens (including phenoxy) is 1. The van der Waals surface area contributed by atoms with Crippen molar-refractivity contribution in [2.45, 2.75) is 63.0 Å². The van der Waals surface area contributed by atoms with Gasteiger partial charge < -0.3 is 25.0 Å². The molecule has 3 N–H and O–H groups in total. The van der Waals surface area contributed by atoms with Crippen molar-refractivity contribution in [3.8, 4) is 0 Å². The second-order valence-electron chi connectivity index (χ2n) is 6.91. The van der Waals surface area contributed by atoms with E-state index in [-0.39, 0.29) is 6.10 Å². The van der Waals surface area contributed by atoms with E-state index >= 15 is 0 Å². The molecule has 26 heavy (non-hydrogen) atoms. The third kappa shape index (κ3) is 5.27. The van der Waals surface area contributed by atoms with Crippen LogP contribution in [-0.4, -0.2) is 63.5 Å². The molecule has 2 saturated heterocycles. The van der Waals surface area contributed by atoms with E-state index in [4.69, 9.17) is 14.9 Å². The largest absolute Gasteiger partial charge is 0.479 e. The summed E-state index contributed by atoms with van der Waals surface area (Å²) in [5, 5.41) is 25.8. The predicted molar refractivity (Wildman–Crippen MR) is 94.4 cm³/mol. The van der Waals surface area contributed by atoms with Crippen LogP contribution in [0.4, 0.5) is 0 Å². The second kappa shape index (κ2) is 9.12. The van der Waals surface area contributed by atoms with Crippen LogP contribution >= 0.6 is 0 Å². The van der Waals surface area contributed by atoms with Crippen LogP contribution in [0.3, 0.4) is 0 Å². The molecular weight excluding hydrogens is 338 g/mol. The molecule has 0 saturated carbocycles. The van der Waals surface area contributed by atoms with E-state index in [1.807, 2.05) is 18.2 Å². The first-order valence-electron chi connectivity index (χ1n) is 8.86. The van der Waals surface area contributed by atoms with Crippen molar-refractivity contribution < 1.29 is 29.6 Å². The summed E-state index contributed by atoms with van der Waals surface area (Å²) >= 11 is 0. The van der Waals surface area contributed by atoms with Crippen molar-refractivity contribution in [1.29, 1.82) is 0 Å². The van der Waals surface area contributed by atoms with Gasteiger partial charge >= 0.3 is 11.9 Å². The van der Waals surface area contributed by atoms with Crippen molar-refractivity contribution in [2.75, 3.05) is 7.05 Å². The van der Waals surface area contributed by atoms with Gasteiger partial charge in [0.1, 0.15) is 12.2 Å². The zero-order valence-electron chi connectivity index (χ0n) is 15.1. The maximum absolute atomic E-state index is 12.0. The summed E-state index contributed by atoms with van der Waals surface area (Å²) in [6.07, 6.45) is 1.71. The average Bonchev–Trinajstić information content (AvgIpc) is 2.83. The van der Waals surface area contributed by atoms with Gasteiger partial charge in [-0.1, -0.05) is 30.3 Å². The van der Waals surface area contributed by atoms with Gasteiger partial charge in [0.05, 0.1) is 0 Å². The Labute approximate surface area is 153 Å². The molecule has 7 nitrogen and oxygen atoms in total. The van der Waals surface area contributed by atoms with E-state index in [0.29, 0.717) is 17.6 Å². The number of carboxylic acids is 1. The Morgan fingerprint density at radius 2 is 1.62 bits per heavy atom. The van der Waals surface area contributed by atoms with Crippen molar-refractivity contribution in [3.05, 3.63) is 35.9 Å². The average molecular weight is 365 g/mol. The third-order valence-electron chi connectivity index (χ3n) is 5.03. The number of piperidine rings is 1. The number of carbonyl (C=O) groups excluding carboxylic acids is 1. The Balaban J connectivity index is 0.000000352. The first-order chi connectivity index (χ1) is 12.3. The summed E-state index contributed by atoms with van der Waals surface area (Å²) < 4.78 is 5.52. The maximum Gasteiger partial charge on any atom is 0.339 e. The fourth-order valence-corrected chi connectivity index (χ4v) is 3.46. The van der Waals surface area contributed by atoms with Crippen LogP contribution in [0.5, 0.6) is 0 Å². The van der Waals surface area contributed by atoms with Gasteiger partial charge in [-0.25, -0.2) is 9.59 Å². The molecule has 0 amide bonds. The molecule has 1 aromatic rings. The highest BCUT2D eigenvalue weighted by molar-refractivity contribution is 5.76. The van der Waals surface area contributed by atoms with Gasteiger partial charge in [0.2, 0.25) is 0 Å². The van der Waals surface area contributed by atoms with Crippen molar-refractivity contribution >= 4 is 11.9 Å². The summed E-state index contributed by atoms with van der Waals surface area (Å²) in [5.41, 5.74) is 0.591. The van der Waals surface area contributed by atoms with Gasteiger partial charge in [0.25, 0.3) is 0 Å². The van der Waals surface area contributed by atoms with Crippen LogP contribution in [0.15, 0.2) is 30.3 Å². The normalized spacial score (nSPS) is 27.0. The predicted octanol–water partition coefficient (Wildman–Crippen LogP) is 1.34. The lowest BCUT2D eigenvalue weighted by Crippen LogP contribution is -2.43. The first kappa shape index (κ1) is 20.4. The highest BCUT2D eigenvalue weighted by atomic mass is 16.6. The number of aliphatic carboxylic acids is 1. The zero-order chi connectivity index (χ0) is 19.3. The molecular formula is C19H27NO6. The van der Waals surface area contributed by atoms with Crippen LogP contribution in [0.1, 0.15) is 44.3 Å². The van der Waals surface area contributed by atoms with E-state index in [2.05, 4.69) is 11.9 Å². The summed E-state index contributed by atoms with van der Waals surface area (Å²) in [4.78, 5) is 23.9. The van der Waals surface area contributed by atoms with Crippen LogP contribution in [0.25, 0.3) is 0 Å². The maximum atomic E-state index is 12.0. The number of aliphatic hydroxyl groups is 2. The number of aliphatic hydroxyl groups excluding tert-OH is 2. The van der Waals surface area contributed by atoms with E-state index in [1.54, 1.807) is 12.1 Å². The number of esters is 1. The van der Waals surface area contributed by atoms with Gasteiger partial charge in [0.15, 0.2) is 6.10 Å². The Kier molecular flexibility index (Phi) is 7.14. The Hall–Kier alpha value is -1.96. The second-order valence-corrected chi connectivity index (χ2v) is 6.91. The Morgan fingerprint density at radius 1 is 1.12 bits per heavy atom. The molecule has 0 aliphatic carbocycles. The SMILES string of the molecule is CC(O)C(=O)O.CN1[C@@H]2CC[C@H]1CC(OC(=O)C(O)c1ccccc1)C2. The number of carboxylic acid groups (broad SMARTS) is 1. The van der Waals surface area contributed by atoms with Crippen molar-refractivity contribution in [2.24, 2.45) is 0 Å². The van der Waals surface area contributed by atoms with E-state index in [0.717, 1.165) is 12.8 Å². The number of rotatable bonds is 4. The molecule has 2 aliphatic rings. The Bertz CT molecular complexity index is 591. The van der Waals surface area contributed by atoms with Crippen LogP contribution < -0.4 is 0 Å². The minimum Gasteiger partial charge on any atom is -0.479 e. The van der Waals surface area contributed by atoms with E-state index < -0.39 is 24.1 Å². The highest BCUT2D eigenvalue weighted by Gasteiger charge is 2.40. The molecule has 2 heterocycles. The number of fused-ring (bicyclic) bond motifs is 2. The minimum absolute atomic E-state index is 0.0467. The van der Waals surface area contributed by atoms with Gasteiger partial charge in [-0.2, -0.15) is 0 Å². The summed E-state index contributed by atoms with van der Waals surface area (Å²) in [6, 6.07) is 10.0. The summed E-state index contributed by atoms with van der Waals surface area (Å²) in [6.45, 7) is 1.20. The lowest BCUT2D eigenvalue weighted by molar-refractivity contribution is -0.162. The standard InChI is InChI=1S/C16H21NO3.C3H6O3/c1-17-12-7-8-13(17)10-14(9-12)20-16(19)15(18)11-5-3-2-4-6-11;1-2(4)3(5)6/h2-6,12-15,18H,7-10H2,1H3;2,4H,1H3,(H,5,6)/t12-,13+,14?,15?;. The molecule has 3 rings (SSSR count). The summed E-state index contributed by atoms with van der Waals surface area (Å²) in [5.74, 6) is -1.71. The van der Waals surface area contributed by atoms with Gasteiger partial charge in [-0.3, -0.25) is 0 Å². The van der Waals surface area contributed by atoms with Crippen LogP contribution in [0, 0.1) is 0 Å². The van der Waals surface area contributed by atoms with E-state index in [9.17, 15) is 14.7 Å². The molecule has 2 fully saturated rings. The molecule has 0 spiro atoms. The van der Waals surface area contributed by atoms with Gasteiger partial charge in [0, 0.05) is 12.1 Å². The number of benzene rings is 1. The summed E-state index contributed by atoms with van der Waals surface area (Å²) in [7, 11) is 2.15. The smallest absolute Gasteiger partial charge is 0.339 e. The lowest BCUT2D eigenvalue weighted by Gasteiger charge is -2.36. The van der Waals surface area contributed by atoms with Crippen LogP contribution in [0.2, 0.25) is 0 Å². The Morgan fingerprint density at radius 3 is 2.08 bits per heavy atom. The topological polar surface area (TPSA) is 107 Å². The number of hydrogen-bond donors (Lipinski definition) is 3. The van der Waals surface area contributed by atoms with Crippen molar-refractivity contribution in [1.82, 2.24) is 4.90 Å². The van der Waals surface area contributed by atoms with Crippen molar-refractivity contribution in [3.63, 3.8) is 0 Å². The quantitative estimate of drug-likeness (QED) is 0.691. The first-order valence-corrected chi connectivity index (χ1v) is 8.86. The van der Waals surface area contributed by atoms with E-state index in [1.165, 1.54) is 19.8 Å². The highest BCUT2D eigenvalue weighted by Crippen LogP contribution is 2.35. The molecule has 144 valence electrons. The third-order valence-corrected chi connectivity index (χ3v) is 5.03. The van der Waals surface area contributed by atoms with Crippen LogP contribution in [-0.2, 0) is 14.3 Å². The molecule has 2 aliphatic heterocycles. The molecule has 7 heteroatoms. The molecule has 3 unspecified atom stereocenters. The van der Waals surface area contributed by atoms with Gasteiger partial charge in [-0.15, -0.1) is 0 Å². The molecule has 2 bridgehead atoms. The fourth-order valence-electron chi connectivity index (χ4n) is 3.46.